The van der Waals surface area contributed by atoms with E-state index in [1.165, 1.54) is 32.1 Å². The zero-order chi connectivity index (χ0) is 11.2. The maximum absolute atomic E-state index is 10.7. The predicted molar refractivity (Wildman–Crippen MR) is 59.6 cm³/mol. The van der Waals surface area contributed by atoms with Crippen molar-refractivity contribution < 1.29 is 9.53 Å². The molecule has 16 heavy (non-hydrogen) atoms. The number of ether oxygens (including phenoxy) is 1. The Morgan fingerprint density at radius 1 is 1.19 bits per heavy atom. The first kappa shape index (κ1) is 9.49. The monoisotopic (exact) mass is 220 g/mol. The van der Waals surface area contributed by atoms with E-state index in [0.29, 0.717) is 29.1 Å². The standard InChI is InChI=1S/C14H20O2/c1-12-3-4-14-9(6-12)5-10(14)13(2,16-8-15)11(14)7-12/h8-11H,3-7H2,1-2H3. The van der Waals surface area contributed by atoms with Crippen LogP contribution in [0.25, 0.3) is 0 Å². The molecule has 0 N–H and O–H groups in total. The van der Waals surface area contributed by atoms with Gasteiger partial charge in [-0.05, 0) is 55.8 Å². The van der Waals surface area contributed by atoms with Crippen LogP contribution in [-0.2, 0) is 9.53 Å². The molecule has 0 aromatic rings. The van der Waals surface area contributed by atoms with Gasteiger partial charge in [0.05, 0.1) is 0 Å². The summed E-state index contributed by atoms with van der Waals surface area (Å²) in [5.41, 5.74) is 1.05. The van der Waals surface area contributed by atoms with E-state index in [-0.39, 0.29) is 5.60 Å². The molecule has 0 amide bonds. The van der Waals surface area contributed by atoms with Crippen molar-refractivity contribution in [3.8, 4) is 0 Å². The molecule has 2 nitrogen and oxygen atoms in total. The number of fused-ring (bicyclic) bond motifs is 1. The normalized spacial score (nSPS) is 65.2. The van der Waals surface area contributed by atoms with Gasteiger partial charge in [-0.25, -0.2) is 0 Å². The third-order valence-electron chi connectivity index (χ3n) is 6.86. The van der Waals surface area contributed by atoms with E-state index in [1.54, 1.807) is 0 Å². The van der Waals surface area contributed by atoms with Crippen LogP contribution in [0.4, 0.5) is 0 Å². The molecule has 5 aliphatic rings. The molecular weight excluding hydrogens is 200 g/mol. The van der Waals surface area contributed by atoms with Crippen molar-refractivity contribution >= 4 is 6.47 Å². The van der Waals surface area contributed by atoms with Gasteiger partial charge in [-0.3, -0.25) is 4.79 Å². The second-order valence-corrected chi connectivity index (χ2v) is 7.27. The molecular formula is C14H20O2. The molecule has 5 aliphatic carbocycles. The highest BCUT2D eigenvalue weighted by molar-refractivity contribution is 5.42. The van der Waals surface area contributed by atoms with Crippen LogP contribution in [0, 0.1) is 28.6 Å². The van der Waals surface area contributed by atoms with Gasteiger partial charge in [0, 0.05) is 11.8 Å². The first-order valence-electron chi connectivity index (χ1n) is 6.67. The van der Waals surface area contributed by atoms with Gasteiger partial charge in [-0.15, -0.1) is 0 Å². The van der Waals surface area contributed by atoms with E-state index < -0.39 is 0 Å². The zero-order valence-corrected chi connectivity index (χ0v) is 10.2. The second-order valence-electron chi connectivity index (χ2n) is 7.27. The summed E-state index contributed by atoms with van der Waals surface area (Å²) < 4.78 is 5.50. The number of hydrogen-bond donors (Lipinski definition) is 0. The summed E-state index contributed by atoms with van der Waals surface area (Å²) in [6.45, 7) is 5.32. The SMILES string of the molecule is CC12CCC34C(CC3C(C)(OC=O)C4C1)C2. The van der Waals surface area contributed by atoms with Gasteiger partial charge in [0.1, 0.15) is 5.60 Å². The van der Waals surface area contributed by atoms with E-state index in [4.69, 9.17) is 4.74 Å². The molecule has 0 aromatic heterocycles. The summed E-state index contributed by atoms with van der Waals surface area (Å²) >= 11 is 0. The van der Waals surface area contributed by atoms with Gasteiger partial charge < -0.3 is 4.74 Å². The van der Waals surface area contributed by atoms with Crippen molar-refractivity contribution in [1.82, 2.24) is 0 Å². The second kappa shape index (κ2) is 2.34. The molecule has 2 bridgehead atoms. The summed E-state index contributed by atoms with van der Waals surface area (Å²) in [7, 11) is 0. The van der Waals surface area contributed by atoms with Gasteiger partial charge >= 0.3 is 0 Å². The summed E-state index contributed by atoms with van der Waals surface area (Å²) in [5, 5.41) is 0. The van der Waals surface area contributed by atoms with Crippen LogP contribution in [0.1, 0.15) is 46.0 Å². The fourth-order valence-electron chi connectivity index (χ4n) is 6.20. The van der Waals surface area contributed by atoms with Crippen LogP contribution < -0.4 is 0 Å². The van der Waals surface area contributed by atoms with E-state index in [2.05, 4.69) is 13.8 Å². The van der Waals surface area contributed by atoms with Crippen molar-refractivity contribution in [3.63, 3.8) is 0 Å². The Morgan fingerprint density at radius 2 is 2.00 bits per heavy atom. The lowest BCUT2D eigenvalue weighted by atomic mass is 9.23. The van der Waals surface area contributed by atoms with Gasteiger partial charge in [-0.1, -0.05) is 6.92 Å². The molecule has 1 spiro atoms. The maximum Gasteiger partial charge on any atom is 0.293 e. The quantitative estimate of drug-likeness (QED) is 0.669. The molecule has 6 atom stereocenters. The third kappa shape index (κ3) is 0.706. The highest BCUT2D eigenvalue weighted by Crippen LogP contribution is 2.84. The summed E-state index contributed by atoms with van der Waals surface area (Å²) in [4.78, 5) is 10.7. The van der Waals surface area contributed by atoms with Crippen LogP contribution in [0.15, 0.2) is 0 Å². The molecule has 5 saturated carbocycles. The van der Waals surface area contributed by atoms with E-state index in [9.17, 15) is 4.79 Å². The van der Waals surface area contributed by atoms with E-state index in [0.717, 1.165) is 5.92 Å². The van der Waals surface area contributed by atoms with Crippen molar-refractivity contribution in [3.05, 3.63) is 0 Å². The lowest BCUT2D eigenvalue weighted by Crippen LogP contribution is -2.82. The van der Waals surface area contributed by atoms with Crippen LogP contribution in [-0.4, -0.2) is 12.1 Å². The van der Waals surface area contributed by atoms with Crippen molar-refractivity contribution in [2.45, 2.75) is 51.6 Å². The molecule has 2 heteroatoms. The molecule has 0 aromatic carbocycles. The predicted octanol–water partition coefficient (Wildman–Crippen LogP) is 2.76. The van der Waals surface area contributed by atoms with Crippen molar-refractivity contribution in [2.24, 2.45) is 28.6 Å². The summed E-state index contributed by atoms with van der Waals surface area (Å²) in [5.74, 6) is 2.31. The van der Waals surface area contributed by atoms with Crippen LogP contribution >= 0.6 is 0 Å². The highest BCUT2D eigenvalue weighted by Gasteiger charge is 2.82. The number of carbonyl (C=O) groups is 1. The van der Waals surface area contributed by atoms with Gasteiger partial charge in [-0.2, -0.15) is 0 Å². The molecule has 0 aliphatic heterocycles. The first-order chi connectivity index (χ1) is 7.55. The van der Waals surface area contributed by atoms with Crippen LogP contribution in [0.3, 0.4) is 0 Å². The van der Waals surface area contributed by atoms with Crippen molar-refractivity contribution in [2.75, 3.05) is 0 Å². The summed E-state index contributed by atoms with van der Waals surface area (Å²) in [6, 6.07) is 0. The van der Waals surface area contributed by atoms with E-state index >= 15 is 0 Å². The molecule has 88 valence electrons. The van der Waals surface area contributed by atoms with Gasteiger partial charge in [0.25, 0.3) is 6.47 Å². The third-order valence-corrected chi connectivity index (χ3v) is 6.86. The van der Waals surface area contributed by atoms with Gasteiger partial charge in [0.15, 0.2) is 0 Å². The maximum atomic E-state index is 10.7. The lowest BCUT2D eigenvalue weighted by molar-refractivity contribution is -0.380. The highest BCUT2D eigenvalue weighted by atomic mass is 16.5. The van der Waals surface area contributed by atoms with Crippen LogP contribution in [0.5, 0.6) is 0 Å². The molecule has 0 radical (unpaired) electrons. The summed E-state index contributed by atoms with van der Waals surface area (Å²) in [6.07, 6.45) is 6.87. The zero-order valence-electron chi connectivity index (χ0n) is 10.2. The average Bonchev–Trinajstić information content (AvgIpc) is 2.22. The fraction of sp³-hybridized carbons (Fsp3) is 0.929. The van der Waals surface area contributed by atoms with Crippen molar-refractivity contribution in [1.29, 1.82) is 0 Å². The Labute approximate surface area is 96.7 Å². The minimum Gasteiger partial charge on any atom is -0.461 e. The topological polar surface area (TPSA) is 26.3 Å². The average molecular weight is 220 g/mol. The molecule has 5 rings (SSSR count). The Hall–Kier alpha value is -0.530. The Balaban J connectivity index is 1.74. The molecule has 5 fully saturated rings. The number of rotatable bonds is 2. The largest absolute Gasteiger partial charge is 0.461 e. The number of carbonyl (C=O) groups excluding carboxylic acids is 1. The van der Waals surface area contributed by atoms with Gasteiger partial charge in [0.2, 0.25) is 0 Å². The smallest absolute Gasteiger partial charge is 0.293 e. The fourth-order valence-corrected chi connectivity index (χ4v) is 6.20. The van der Waals surface area contributed by atoms with Crippen LogP contribution in [0.2, 0.25) is 0 Å². The molecule has 0 heterocycles. The first-order valence-corrected chi connectivity index (χ1v) is 6.67. The number of hydrogen-bond acceptors (Lipinski definition) is 2. The van der Waals surface area contributed by atoms with E-state index in [1.807, 2.05) is 0 Å². The lowest BCUT2D eigenvalue weighted by Gasteiger charge is -2.83. The minimum atomic E-state index is -0.111. The Kier molecular flexibility index (Phi) is 1.39. The molecule has 0 saturated heterocycles. The Morgan fingerprint density at radius 3 is 2.69 bits per heavy atom. The Bertz CT molecular complexity index is 379. The molecule has 6 unspecified atom stereocenters. The minimum absolute atomic E-state index is 0.111.